The van der Waals surface area contributed by atoms with Gasteiger partial charge in [0.2, 0.25) is 0 Å². The number of nitrogens with two attached hydrogens (primary N) is 1. The van der Waals surface area contributed by atoms with Gasteiger partial charge in [-0.1, -0.05) is 12.1 Å². The van der Waals surface area contributed by atoms with Crippen molar-refractivity contribution in [3.8, 4) is 11.5 Å². The number of carbonyl (C=O) groups is 4. The summed E-state index contributed by atoms with van der Waals surface area (Å²) in [5.74, 6) is -2.05. The maximum Gasteiger partial charge on any atom is 0.338 e. The van der Waals surface area contributed by atoms with Crippen LogP contribution in [0.1, 0.15) is 36.6 Å². The normalized spacial score (nSPS) is 12.6. The molecule has 1 heterocycles. The van der Waals surface area contributed by atoms with Crippen molar-refractivity contribution in [2.45, 2.75) is 6.54 Å². The molecule has 0 atom stereocenters. The lowest BCUT2D eigenvalue weighted by Gasteiger charge is -2.19. The number of imide groups is 1. The molecule has 1 aliphatic heterocycles. The van der Waals surface area contributed by atoms with Crippen molar-refractivity contribution >= 4 is 23.7 Å². The number of carbonyl (C=O) groups excluding carboxylic acids is 4. The van der Waals surface area contributed by atoms with Crippen molar-refractivity contribution in [1.29, 1.82) is 0 Å². The van der Waals surface area contributed by atoms with E-state index in [-0.39, 0.29) is 23.6 Å². The minimum Gasteiger partial charge on any atom is -0.493 e. The van der Waals surface area contributed by atoms with E-state index < -0.39 is 30.3 Å². The van der Waals surface area contributed by atoms with Gasteiger partial charge in [-0.05, 0) is 24.3 Å². The van der Waals surface area contributed by atoms with E-state index in [4.69, 9.17) is 19.9 Å². The highest BCUT2D eigenvalue weighted by molar-refractivity contribution is 6.21. The van der Waals surface area contributed by atoms with Crippen molar-refractivity contribution in [2.75, 3.05) is 20.8 Å². The third-order valence-electron chi connectivity index (χ3n) is 4.34. The molecule has 0 unspecified atom stereocenters. The van der Waals surface area contributed by atoms with Crippen LogP contribution in [0.15, 0.2) is 36.4 Å². The smallest absolute Gasteiger partial charge is 0.338 e. The highest BCUT2D eigenvalue weighted by Crippen LogP contribution is 2.35. The molecule has 0 saturated carbocycles. The molecule has 2 N–H and O–H groups in total. The van der Waals surface area contributed by atoms with Crippen LogP contribution in [0.2, 0.25) is 0 Å². The fraction of sp³-hybridized carbons (Fsp3) is 0.200. The maximum absolute atomic E-state index is 12.7. The average molecular weight is 398 g/mol. The van der Waals surface area contributed by atoms with Gasteiger partial charge < -0.3 is 19.9 Å². The Hall–Kier alpha value is -3.88. The second-order valence-corrected chi connectivity index (χ2v) is 6.16. The Morgan fingerprint density at radius 3 is 2.14 bits per heavy atom. The topological polar surface area (TPSA) is 125 Å². The summed E-state index contributed by atoms with van der Waals surface area (Å²) in [7, 11) is 2.77. The van der Waals surface area contributed by atoms with Crippen molar-refractivity contribution < 1.29 is 33.4 Å². The molecule has 2 aromatic rings. The fourth-order valence-electron chi connectivity index (χ4n) is 3.05. The summed E-state index contributed by atoms with van der Waals surface area (Å²) in [6.07, 6.45) is 0. The third kappa shape index (κ3) is 3.75. The molecular formula is C20H18N2O7. The van der Waals surface area contributed by atoms with Crippen LogP contribution in [0.5, 0.6) is 11.5 Å². The van der Waals surface area contributed by atoms with Gasteiger partial charge in [-0.3, -0.25) is 19.3 Å². The Morgan fingerprint density at radius 2 is 1.62 bits per heavy atom. The second kappa shape index (κ2) is 8.01. The first kappa shape index (κ1) is 19.9. The van der Waals surface area contributed by atoms with E-state index in [0.29, 0.717) is 16.7 Å². The molecule has 2 aromatic carbocycles. The summed E-state index contributed by atoms with van der Waals surface area (Å²) in [6, 6.07) is 9.28. The van der Waals surface area contributed by atoms with Crippen LogP contribution in [0.25, 0.3) is 0 Å². The number of primary amides is 1. The minimum atomic E-state index is -0.812. The van der Waals surface area contributed by atoms with E-state index in [1.165, 1.54) is 26.4 Å². The zero-order chi connectivity index (χ0) is 21.1. The van der Waals surface area contributed by atoms with Crippen molar-refractivity contribution in [3.05, 3.63) is 58.7 Å². The number of methoxy groups -OCH3 is 2. The number of fused-ring (bicyclic) bond motifs is 1. The van der Waals surface area contributed by atoms with Crippen LogP contribution in [-0.4, -0.2) is 49.4 Å². The predicted molar refractivity (Wildman–Crippen MR) is 99.7 cm³/mol. The van der Waals surface area contributed by atoms with Crippen LogP contribution in [-0.2, 0) is 16.1 Å². The number of rotatable bonds is 7. The zero-order valence-corrected chi connectivity index (χ0v) is 15.8. The largest absolute Gasteiger partial charge is 0.493 e. The summed E-state index contributed by atoms with van der Waals surface area (Å²) < 4.78 is 15.4. The number of hydrogen-bond acceptors (Lipinski definition) is 7. The molecule has 0 bridgehead atoms. The SMILES string of the molecule is COc1cc(C(=O)OCC(N)=O)cc(CN2C(=O)c3ccccc3C2=O)c1OC. The first-order valence-electron chi connectivity index (χ1n) is 8.53. The summed E-state index contributed by atoms with van der Waals surface area (Å²) in [5.41, 5.74) is 6.01. The first-order chi connectivity index (χ1) is 13.9. The summed E-state index contributed by atoms with van der Waals surface area (Å²) in [6.45, 7) is -0.732. The third-order valence-corrected chi connectivity index (χ3v) is 4.34. The summed E-state index contributed by atoms with van der Waals surface area (Å²) in [5, 5.41) is 0. The van der Waals surface area contributed by atoms with Gasteiger partial charge in [0.1, 0.15) is 0 Å². The van der Waals surface area contributed by atoms with Gasteiger partial charge >= 0.3 is 5.97 Å². The number of hydrogen-bond donors (Lipinski definition) is 1. The number of benzene rings is 2. The molecular weight excluding hydrogens is 380 g/mol. The van der Waals surface area contributed by atoms with Crippen LogP contribution in [0.4, 0.5) is 0 Å². The molecule has 3 rings (SSSR count). The number of amides is 3. The van der Waals surface area contributed by atoms with Gasteiger partial charge in [-0.25, -0.2) is 4.79 Å². The monoisotopic (exact) mass is 398 g/mol. The van der Waals surface area contributed by atoms with Gasteiger partial charge in [0.25, 0.3) is 17.7 Å². The predicted octanol–water partition coefficient (Wildman–Crippen LogP) is 1.14. The van der Waals surface area contributed by atoms with E-state index in [2.05, 4.69) is 0 Å². The molecule has 29 heavy (non-hydrogen) atoms. The van der Waals surface area contributed by atoms with E-state index >= 15 is 0 Å². The van der Waals surface area contributed by atoms with Gasteiger partial charge in [-0.15, -0.1) is 0 Å². The zero-order valence-electron chi connectivity index (χ0n) is 15.8. The van der Waals surface area contributed by atoms with Crippen molar-refractivity contribution in [3.63, 3.8) is 0 Å². The summed E-state index contributed by atoms with van der Waals surface area (Å²) >= 11 is 0. The van der Waals surface area contributed by atoms with E-state index in [9.17, 15) is 19.2 Å². The molecule has 0 saturated heterocycles. The molecule has 9 heteroatoms. The Bertz CT molecular complexity index is 981. The van der Waals surface area contributed by atoms with E-state index in [1.807, 2.05) is 0 Å². The van der Waals surface area contributed by atoms with Crippen LogP contribution in [0.3, 0.4) is 0 Å². The fourth-order valence-corrected chi connectivity index (χ4v) is 3.05. The van der Waals surface area contributed by atoms with E-state index in [0.717, 1.165) is 4.90 Å². The summed E-state index contributed by atoms with van der Waals surface area (Å²) in [4.78, 5) is 49.5. The lowest BCUT2D eigenvalue weighted by atomic mass is 10.1. The molecule has 0 spiro atoms. The highest BCUT2D eigenvalue weighted by Gasteiger charge is 2.36. The van der Waals surface area contributed by atoms with Crippen molar-refractivity contribution in [2.24, 2.45) is 5.73 Å². The lowest BCUT2D eigenvalue weighted by Crippen LogP contribution is -2.29. The van der Waals surface area contributed by atoms with E-state index in [1.54, 1.807) is 24.3 Å². The molecule has 150 valence electrons. The van der Waals surface area contributed by atoms with Crippen molar-refractivity contribution in [1.82, 2.24) is 4.90 Å². The molecule has 0 aliphatic carbocycles. The quantitative estimate of drug-likeness (QED) is 0.548. The van der Waals surface area contributed by atoms with Crippen LogP contribution in [0, 0.1) is 0 Å². The molecule has 0 aromatic heterocycles. The molecule has 9 nitrogen and oxygen atoms in total. The Labute approximate surface area is 165 Å². The number of nitrogens with zero attached hydrogens (tertiary/aromatic N) is 1. The first-order valence-corrected chi connectivity index (χ1v) is 8.53. The molecule has 0 radical (unpaired) electrons. The number of ether oxygens (including phenoxy) is 3. The standard InChI is InChI=1S/C20H18N2O7/c1-27-15-8-11(20(26)29-10-16(21)23)7-12(17(15)28-2)9-22-18(24)13-5-3-4-6-14(13)19(22)25/h3-8H,9-10H2,1-2H3,(H2,21,23). The second-order valence-electron chi connectivity index (χ2n) is 6.16. The van der Waals surface area contributed by atoms with Gasteiger partial charge in [0.05, 0.1) is 37.5 Å². The Balaban J connectivity index is 1.97. The Kier molecular flexibility index (Phi) is 5.49. The van der Waals surface area contributed by atoms with Crippen LogP contribution < -0.4 is 15.2 Å². The Morgan fingerprint density at radius 1 is 1.00 bits per heavy atom. The van der Waals surface area contributed by atoms with Crippen LogP contribution >= 0.6 is 0 Å². The maximum atomic E-state index is 12.7. The van der Waals surface area contributed by atoms with Gasteiger partial charge in [-0.2, -0.15) is 0 Å². The van der Waals surface area contributed by atoms with Gasteiger partial charge in [0.15, 0.2) is 18.1 Å². The molecule has 0 fully saturated rings. The molecule has 1 aliphatic rings. The van der Waals surface area contributed by atoms with Gasteiger partial charge in [0, 0.05) is 5.56 Å². The molecule has 3 amide bonds. The number of esters is 1. The highest BCUT2D eigenvalue weighted by atomic mass is 16.5. The lowest BCUT2D eigenvalue weighted by molar-refractivity contribution is -0.121. The minimum absolute atomic E-state index is 0.0514. The average Bonchev–Trinajstić information content (AvgIpc) is 2.96.